The molecule has 0 spiro atoms. The lowest BCUT2D eigenvalue weighted by molar-refractivity contribution is -0.307. The minimum absolute atomic E-state index is 0.0532. The lowest BCUT2D eigenvalue weighted by atomic mass is 10.0. The average molecular weight is 459 g/mol. The highest BCUT2D eigenvalue weighted by atomic mass is 16.5. The Hall–Kier alpha value is -3.42. The number of carboxylic acid groups (broad SMARTS) is 1. The van der Waals surface area contributed by atoms with Crippen molar-refractivity contribution >= 4 is 11.9 Å². The SMILES string of the molecule is CCCc1c(OCCCOc2ccc(C(=O)NC)c(O)c2CCC)cccc1OCC(=O)[O-]. The van der Waals surface area contributed by atoms with Crippen LogP contribution in [0, 0.1) is 0 Å². The van der Waals surface area contributed by atoms with Crippen LogP contribution in [-0.4, -0.2) is 43.9 Å². The standard InChI is InChI=1S/C25H33NO7/c1-4-8-17-20(10-6-11-21(17)33-16-23(27)28)31-14-7-15-32-22-13-12-19(25(30)26-3)24(29)18(22)9-5-2/h6,10-13,29H,4-5,7-9,14-16H2,1-3H3,(H,26,30)(H,27,28)/p-1. The van der Waals surface area contributed by atoms with Crippen LogP contribution in [0.15, 0.2) is 30.3 Å². The minimum atomic E-state index is -1.28. The zero-order chi connectivity index (χ0) is 24.2. The summed E-state index contributed by atoms with van der Waals surface area (Å²) in [5, 5.41) is 23.8. The van der Waals surface area contributed by atoms with Gasteiger partial charge in [-0.05, 0) is 37.1 Å². The molecule has 0 aliphatic rings. The number of hydrogen-bond acceptors (Lipinski definition) is 7. The van der Waals surface area contributed by atoms with E-state index in [1.807, 2.05) is 19.9 Å². The quantitative estimate of drug-likeness (QED) is 0.418. The number of nitrogens with one attached hydrogen (secondary N) is 1. The molecule has 2 aromatic rings. The van der Waals surface area contributed by atoms with Gasteiger partial charge in [0, 0.05) is 24.6 Å². The summed E-state index contributed by atoms with van der Waals surface area (Å²) >= 11 is 0. The van der Waals surface area contributed by atoms with Crippen LogP contribution < -0.4 is 24.6 Å². The molecule has 0 aliphatic heterocycles. The smallest absolute Gasteiger partial charge is 0.254 e. The van der Waals surface area contributed by atoms with Crippen LogP contribution in [0.2, 0.25) is 0 Å². The molecule has 180 valence electrons. The van der Waals surface area contributed by atoms with Gasteiger partial charge < -0.3 is 34.5 Å². The van der Waals surface area contributed by atoms with Gasteiger partial charge in [-0.25, -0.2) is 0 Å². The minimum Gasteiger partial charge on any atom is -0.546 e. The second-order valence-electron chi connectivity index (χ2n) is 7.46. The highest BCUT2D eigenvalue weighted by Crippen LogP contribution is 2.33. The Kier molecular flexibility index (Phi) is 10.3. The van der Waals surface area contributed by atoms with E-state index in [4.69, 9.17) is 14.2 Å². The highest BCUT2D eigenvalue weighted by molar-refractivity contribution is 5.97. The van der Waals surface area contributed by atoms with Crippen molar-refractivity contribution < 1.29 is 34.0 Å². The summed E-state index contributed by atoms with van der Waals surface area (Å²) in [4.78, 5) is 22.7. The Morgan fingerprint density at radius 3 is 2.06 bits per heavy atom. The molecule has 8 nitrogen and oxygen atoms in total. The van der Waals surface area contributed by atoms with Gasteiger partial charge in [0.2, 0.25) is 0 Å². The number of carboxylic acids is 1. The third-order valence-corrected chi connectivity index (χ3v) is 4.95. The molecule has 0 saturated carbocycles. The lowest BCUT2D eigenvalue weighted by Crippen LogP contribution is -2.29. The number of phenols is 1. The number of rotatable bonds is 14. The molecule has 0 atom stereocenters. The largest absolute Gasteiger partial charge is 0.546 e. The predicted molar refractivity (Wildman–Crippen MR) is 122 cm³/mol. The van der Waals surface area contributed by atoms with Crippen LogP contribution in [0.4, 0.5) is 0 Å². The number of hydrogen-bond donors (Lipinski definition) is 2. The maximum Gasteiger partial charge on any atom is 0.254 e. The normalized spacial score (nSPS) is 10.5. The Balaban J connectivity index is 1.99. The second-order valence-corrected chi connectivity index (χ2v) is 7.46. The molecule has 0 unspecified atom stereocenters. The van der Waals surface area contributed by atoms with Crippen molar-refractivity contribution in [2.45, 2.75) is 46.0 Å². The second kappa shape index (κ2) is 13.2. The van der Waals surface area contributed by atoms with Crippen molar-refractivity contribution in [3.05, 3.63) is 47.0 Å². The molecule has 0 radical (unpaired) electrons. The average Bonchev–Trinajstić information content (AvgIpc) is 2.80. The summed E-state index contributed by atoms with van der Waals surface area (Å²) in [6.07, 6.45) is 3.49. The molecular weight excluding hydrogens is 426 g/mol. The summed E-state index contributed by atoms with van der Waals surface area (Å²) in [6, 6.07) is 8.55. The van der Waals surface area contributed by atoms with Crippen LogP contribution in [0.3, 0.4) is 0 Å². The number of carbonyl (C=O) groups is 2. The molecule has 2 N–H and O–H groups in total. The van der Waals surface area contributed by atoms with Crippen LogP contribution in [-0.2, 0) is 17.6 Å². The Bertz CT molecular complexity index is 943. The van der Waals surface area contributed by atoms with Gasteiger partial charge in [0.15, 0.2) is 0 Å². The van der Waals surface area contributed by atoms with Crippen molar-refractivity contribution in [1.29, 1.82) is 0 Å². The topological polar surface area (TPSA) is 117 Å². The molecule has 1 amide bonds. The van der Waals surface area contributed by atoms with E-state index in [0.717, 1.165) is 18.4 Å². The van der Waals surface area contributed by atoms with Crippen molar-refractivity contribution in [2.24, 2.45) is 0 Å². The van der Waals surface area contributed by atoms with Crippen LogP contribution in [0.1, 0.15) is 54.6 Å². The number of ether oxygens (including phenoxy) is 3. The molecule has 0 heterocycles. The van der Waals surface area contributed by atoms with E-state index in [1.54, 1.807) is 24.3 Å². The molecule has 0 saturated heterocycles. The van der Waals surface area contributed by atoms with Crippen molar-refractivity contribution in [3.63, 3.8) is 0 Å². The molecule has 33 heavy (non-hydrogen) atoms. The summed E-state index contributed by atoms with van der Waals surface area (Å²) in [7, 11) is 1.52. The first-order chi connectivity index (χ1) is 15.9. The van der Waals surface area contributed by atoms with E-state index < -0.39 is 12.6 Å². The van der Waals surface area contributed by atoms with E-state index >= 15 is 0 Å². The molecule has 0 aromatic heterocycles. The van der Waals surface area contributed by atoms with Gasteiger partial charge in [0.05, 0.1) is 24.7 Å². The predicted octanol–water partition coefficient (Wildman–Crippen LogP) is 2.63. The zero-order valence-corrected chi connectivity index (χ0v) is 19.4. The third-order valence-electron chi connectivity index (χ3n) is 4.95. The molecular formula is C25H32NO7-. The van der Waals surface area contributed by atoms with Crippen LogP contribution >= 0.6 is 0 Å². The summed E-state index contributed by atoms with van der Waals surface area (Å²) in [6.45, 7) is 4.24. The van der Waals surface area contributed by atoms with E-state index in [9.17, 15) is 19.8 Å². The zero-order valence-electron chi connectivity index (χ0n) is 19.4. The number of amides is 1. The van der Waals surface area contributed by atoms with E-state index in [0.29, 0.717) is 55.3 Å². The van der Waals surface area contributed by atoms with Gasteiger partial charge in [0.25, 0.3) is 5.91 Å². The lowest BCUT2D eigenvalue weighted by Gasteiger charge is -2.17. The molecule has 2 aromatic carbocycles. The summed E-state index contributed by atoms with van der Waals surface area (Å²) < 4.78 is 17.1. The van der Waals surface area contributed by atoms with Crippen molar-refractivity contribution in [3.8, 4) is 23.0 Å². The van der Waals surface area contributed by atoms with Crippen LogP contribution in [0.5, 0.6) is 23.0 Å². The monoisotopic (exact) mass is 458 g/mol. The first-order valence-corrected chi connectivity index (χ1v) is 11.2. The van der Waals surface area contributed by atoms with E-state index in [-0.39, 0.29) is 17.2 Å². The highest BCUT2D eigenvalue weighted by Gasteiger charge is 2.17. The molecule has 0 fully saturated rings. The maximum absolute atomic E-state index is 11.9. The van der Waals surface area contributed by atoms with E-state index in [1.165, 1.54) is 7.05 Å². The molecule has 2 rings (SSSR count). The number of benzene rings is 2. The Morgan fingerprint density at radius 2 is 1.48 bits per heavy atom. The summed E-state index contributed by atoms with van der Waals surface area (Å²) in [5.41, 5.74) is 1.66. The molecule has 0 bridgehead atoms. The molecule has 0 aliphatic carbocycles. The number of phenolic OH excluding ortho intramolecular Hbond substituents is 1. The molecule has 8 heteroatoms. The van der Waals surface area contributed by atoms with Crippen molar-refractivity contribution in [2.75, 3.05) is 26.9 Å². The van der Waals surface area contributed by atoms with E-state index in [2.05, 4.69) is 5.32 Å². The van der Waals surface area contributed by atoms with Gasteiger partial charge >= 0.3 is 0 Å². The van der Waals surface area contributed by atoms with Gasteiger partial charge in [-0.2, -0.15) is 0 Å². The fourth-order valence-corrected chi connectivity index (χ4v) is 3.43. The Labute approximate surface area is 194 Å². The number of aromatic hydroxyl groups is 1. The fourth-order valence-electron chi connectivity index (χ4n) is 3.43. The fraction of sp³-hybridized carbons (Fsp3) is 0.440. The van der Waals surface area contributed by atoms with Crippen LogP contribution in [0.25, 0.3) is 0 Å². The van der Waals surface area contributed by atoms with Gasteiger partial charge in [0.1, 0.15) is 29.6 Å². The van der Waals surface area contributed by atoms with Crippen molar-refractivity contribution in [1.82, 2.24) is 5.32 Å². The summed E-state index contributed by atoms with van der Waals surface area (Å²) in [5.74, 6) is -0.0113. The first-order valence-electron chi connectivity index (χ1n) is 11.2. The van der Waals surface area contributed by atoms with Gasteiger partial charge in [-0.15, -0.1) is 0 Å². The van der Waals surface area contributed by atoms with Gasteiger partial charge in [-0.1, -0.05) is 32.8 Å². The first kappa shape index (κ1) is 25.8. The Morgan fingerprint density at radius 1 is 0.909 bits per heavy atom. The third kappa shape index (κ3) is 7.30. The number of aliphatic carboxylic acids is 1. The number of carbonyl (C=O) groups excluding carboxylic acids is 2. The van der Waals surface area contributed by atoms with Gasteiger partial charge in [-0.3, -0.25) is 4.79 Å². The maximum atomic E-state index is 11.9.